The van der Waals surface area contributed by atoms with E-state index in [1.807, 2.05) is 26.8 Å². The smallest absolute Gasteiger partial charge is 0.339 e. The zero-order valence-electron chi connectivity index (χ0n) is 17.9. The predicted molar refractivity (Wildman–Crippen MR) is 109 cm³/mol. The van der Waals surface area contributed by atoms with Crippen molar-refractivity contribution in [2.75, 3.05) is 28.4 Å². The lowest BCUT2D eigenvalue weighted by molar-refractivity contribution is 0.0690. The number of hydrogen-bond donors (Lipinski definition) is 1. The van der Waals surface area contributed by atoms with E-state index < -0.39 is 5.97 Å². The number of ether oxygens (including phenoxy) is 5. The van der Waals surface area contributed by atoms with Gasteiger partial charge in [-0.05, 0) is 38.5 Å². The highest BCUT2D eigenvalue weighted by molar-refractivity contribution is 5.91. The summed E-state index contributed by atoms with van der Waals surface area (Å²) in [5, 5.41) is 9.60. The van der Waals surface area contributed by atoms with Crippen molar-refractivity contribution < 1.29 is 33.6 Å². The summed E-state index contributed by atoms with van der Waals surface area (Å²) in [7, 11) is 6.17. The Morgan fingerprint density at radius 3 is 1.97 bits per heavy atom. The maximum atomic E-state index is 11.7. The van der Waals surface area contributed by atoms with Crippen molar-refractivity contribution in [3.8, 4) is 28.7 Å². The van der Waals surface area contributed by atoms with Crippen LogP contribution in [0.2, 0.25) is 0 Å². The van der Waals surface area contributed by atoms with Crippen molar-refractivity contribution in [1.29, 1.82) is 0 Å². The number of methoxy groups -OCH3 is 4. The summed E-state index contributed by atoms with van der Waals surface area (Å²) < 4.78 is 27.8. The van der Waals surface area contributed by atoms with Crippen LogP contribution in [-0.4, -0.2) is 45.6 Å². The Kier molecular flexibility index (Phi) is 7.20. The van der Waals surface area contributed by atoms with Crippen LogP contribution in [0.25, 0.3) is 0 Å². The second-order valence-electron chi connectivity index (χ2n) is 6.72. The standard InChI is InChI=1S/C22H28O7/c1-12(2)29-17-9-8-14(11-16(17)22(23)24)10-15-13(3)18(25-4)20(27-6)21(28-7)19(15)26-5/h8-9,11-12H,10H2,1-7H3,(H,23,24). The van der Waals surface area contributed by atoms with Gasteiger partial charge in [0.2, 0.25) is 11.5 Å². The van der Waals surface area contributed by atoms with E-state index in [4.69, 9.17) is 23.7 Å². The third kappa shape index (κ3) is 4.50. The van der Waals surface area contributed by atoms with Crippen molar-refractivity contribution in [3.05, 3.63) is 40.5 Å². The predicted octanol–water partition coefficient (Wildman–Crippen LogP) is 4.11. The van der Waals surface area contributed by atoms with Gasteiger partial charge in [-0.1, -0.05) is 6.07 Å². The lowest BCUT2D eigenvalue weighted by Gasteiger charge is -2.22. The maximum Gasteiger partial charge on any atom is 0.339 e. The van der Waals surface area contributed by atoms with Gasteiger partial charge in [-0.15, -0.1) is 0 Å². The first-order chi connectivity index (χ1) is 13.8. The third-order valence-corrected chi connectivity index (χ3v) is 4.52. The molecule has 0 spiro atoms. The van der Waals surface area contributed by atoms with Crippen molar-refractivity contribution >= 4 is 5.97 Å². The molecule has 0 aromatic heterocycles. The average Bonchev–Trinajstić information content (AvgIpc) is 2.68. The van der Waals surface area contributed by atoms with Gasteiger partial charge in [-0.2, -0.15) is 0 Å². The van der Waals surface area contributed by atoms with Gasteiger partial charge in [0.25, 0.3) is 0 Å². The molecule has 7 nitrogen and oxygen atoms in total. The van der Waals surface area contributed by atoms with Crippen LogP contribution in [0.4, 0.5) is 0 Å². The average molecular weight is 404 g/mol. The van der Waals surface area contributed by atoms with Crippen LogP contribution in [0.5, 0.6) is 28.7 Å². The number of hydrogen-bond acceptors (Lipinski definition) is 6. The van der Waals surface area contributed by atoms with Gasteiger partial charge in [0, 0.05) is 17.5 Å². The fraction of sp³-hybridized carbons (Fsp3) is 0.409. The molecule has 0 saturated carbocycles. The number of benzene rings is 2. The molecule has 0 amide bonds. The van der Waals surface area contributed by atoms with Gasteiger partial charge in [0.05, 0.1) is 34.5 Å². The summed E-state index contributed by atoms with van der Waals surface area (Å²) in [4.78, 5) is 11.7. The minimum absolute atomic E-state index is 0.111. The Balaban J connectivity index is 2.62. The monoisotopic (exact) mass is 404 g/mol. The Morgan fingerprint density at radius 1 is 0.931 bits per heavy atom. The fourth-order valence-corrected chi connectivity index (χ4v) is 3.28. The van der Waals surface area contributed by atoms with E-state index in [0.717, 1.165) is 16.7 Å². The van der Waals surface area contributed by atoms with Crippen LogP contribution in [-0.2, 0) is 6.42 Å². The molecule has 7 heteroatoms. The number of carboxylic acid groups (broad SMARTS) is 1. The van der Waals surface area contributed by atoms with Gasteiger partial charge < -0.3 is 28.8 Å². The van der Waals surface area contributed by atoms with Crippen LogP contribution >= 0.6 is 0 Å². The summed E-state index contributed by atoms with van der Waals surface area (Å²) in [6.07, 6.45) is 0.282. The van der Waals surface area contributed by atoms with Crippen LogP contribution < -0.4 is 23.7 Å². The van der Waals surface area contributed by atoms with Crippen molar-refractivity contribution in [2.24, 2.45) is 0 Å². The Hall–Kier alpha value is -3.09. The summed E-state index contributed by atoms with van der Waals surface area (Å²) in [5.74, 6) is 1.21. The minimum atomic E-state index is -1.05. The number of rotatable bonds is 9. The first kappa shape index (κ1) is 22.2. The molecule has 0 fully saturated rings. The van der Waals surface area contributed by atoms with E-state index in [1.165, 1.54) is 14.2 Å². The summed E-state index contributed by atoms with van der Waals surface area (Å²) in [6.45, 7) is 5.60. The van der Waals surface area contributed by atoms with Crippen molar-refractivity contribution in [1.82, 2.24) is 0 Å². The lowest BCUT2D eigenvalue weighted by atomic mass is 9.96. The van der Waals surface area contributed by atoms with Gasteiger partial charge >= 0.3 is 5.97 Å². The van der Waals surface area contributed by atoms with Crippen LogP contribution in [0.15, 0.2) is 18.2 Å². The Morgan fingerprint density at radius 2 is 1.48 bits per heavy atom. The molecule has 0 atom stereocenters. The van der Waals surface area contributed by atoms with Crippen LogP contribution in [0, 0.1) is 6.92 Å². The van der Waals surface area contributed by atoms with E-state index in [2.05, 4.69) is 0 Å². The quantitative estimate of drug-likeness (QED) is 0.673. The summed E-state index contributed by atoms with van der Waals surface area (Å²) in [6, 6.07) is 5.13. The zero-order valence-corrected chi connectivity index (χ0v) is 17.9. The van der Waals surface area contributed by atoms with Gasteiger partial charge in [0.15, 0.2) is 11.5 Å². The molecule has 29 heavy (non-hydrogen) atoms. The molecular formula is C22H28O7. The zero-order chi connectivity index (χ0) is 21.7. The van der Waals surface area contributed by atoms with E-state index in [9.17, 15) is 9.90 Å². The van der Waals surface area contributed by atoms with Crippen molar-refractivity contribution in [2.45, 2.75) is 33.3 Å². The van der Waals surface area contributed by atoms with Gasteiger partial charge in [0.1, 0.15) is 11.3 Å². The number of carboxylic acids is 1. The highest BCUT2D eigenvalue weighted by atomic mass is 16.5. The molecule has 0 radical (unpaired) electrons. The molecule has 0 aliphatic heterocycles. The van der Waals surface area contributed by atoms with E-state index in [-0.39, 0.29) is 11.7 Å². The topological polar surface area (TPSA) is 83.5 Å². The molecular weight excluding hydrogens is 376 g/mol. The van der Waals surface area contributed by atoms with Crippen molar-refractivity contribution in [3.63, 3.8) is 0 Å². The number of carbonyl (C=O) groups is 1. The largest absolute Gasteiger partial charge is 0.492 e. The summed E-state index contributed by atoms with van der Waals surface area (Å²) in [5.41, 5.74) is 2.53. The molecule has 2 aromatic rings. The second-order valence-corrected chi connectivity index (χ2v) is 6.72. The molecule has 2 aromatic carbocycles. The normalized spacial score (nSPS) is 10.6. The fourth-order valence-electron chi connectivity index (χ4n) is 3.28. The van der Waals surface area contributed by atoms with Gasteiger partial charge in [-0.25, -0.2) is 4.79 Å². The lowest BCUT2D eigenvalue weighted by Crippen LogP contribution is -2.10. The molecule has 158 valence electrons. The Labute approximate surface area is 171 Å². The highest BCUT2D eigenvalue weighted by Crippen LogP contribution is 2.49. The minimum Gasteiger partial charge on any atom is -0.492 e. The Bertz CT molecular complexity index is 887. The molecule has 0 aliphatic rings. The first-order valence-electron chi connectivity index (χ1n) is 9.17. The molecule has 0 aliphatic carbocycles. The van der Waals surface area contributed by atoms with Crippen LogP contribution in [0.1, 0.15) is 40.9 Å². The molecule has 0 unspecified atom stereocenters. The first-order valence-corrected chi connectivity index (χ1v) is 9.17. The summed E-state index contributed by atoms with van der Waals surface area (Å²) >= 11 is 0. The molecule has 1 N–H and O–H groups in total. The molecule has 0 bridgehead atoms. The molecule has 0 heterocycles. The second kappa shape index (κ2) is 9.41. The molecule has 0 saturated heterocycles. The maximum absolute atomic E-state index is 11.7. The van der Waals surface area contributed by atoms with Crippen LogP contribution in [0.3, 0.4) is 0 Å². The highest BCUT2D eigenvalue weighted by Gasteiger charge is 2.26. The van der Waals surface area contributed by atoms with Gasteiger partial charge in [-0.3, -0.25) is 0 Å². The SMILES string of the molecule is COc1c(C)c(Cc2ccc(OC(C)C)c(C(=O)O)c2)c(OC)c(OC)c1OC. The third-order valence-electron chi connectivity index (χ3n) is 4.52. The van der Waals surface area contributed by atoms with E-state index >= 15 is 0 Å². The van der Waals surface area contributed by atoms with E-state index in [1.54, 1.807) is 26.4 Å². The van der Waals surface area contributed by atoms with E-state index in [0.29, 0.717) is 35.2 Å². The number of aromatic carboxylic acids is 1. The molecule has 2 rings (SSSR count).